The van der Waals surface area contributed by atoms with Crippen molar-refractivity contribution in [1.29, 1.82) is 0 Å². The molecule has 1 unspecified atom stereocenters. The minimum Gasteiger partial charge on any atom is -0.462 e. The van der Waals surface area contributed by atoms with Crippen LogP contribution < -0.4 is 0 Å². The highest BCUT2D eigenvalue weighted by Gasteiger charge is 2.19. The van der Waals surface area contributed by atoms with Gasteiger partial charge in [0.25, 0.3) is 0 Å². The summed E-state index contributed by atoms with van der Waals surface area (Å²) in [6, 6.07) is 0. The van der Waals surface area contributed by atoms with Crippen molar-refractivity contribution in [1.82, 2.24) is 0 Å². The van der Waals surface area contributed by atoms with Gasteiger partial charge in [0.05, 0.1) is 0 Å². The minimum atomic E-state index is -0.762. The molecular weight excluding hydrogens is 673 g/mol. The van der Waals surface area contributed by atoms with Crippen LogP contribution in [-0.2, 0) is 28.6 Å². The molecule has 0 amide bonds. The van der Waals surface area contributed by atoms with Gasteiger partial charge in [0.15, 0.2) is 6.10 Å². The maximum absolute atomic E-state index is 12.7. The second-order valence-corrected chi connectivity index (χ2v) is 17.1. The van der Waals surface area contributed by atoms with Crippen molar-refractivity contribution >= 4 is 17.9 Å². The highest BCUT2D eigenvalue weighted by molar-refractivity contribution is 5.71. The van der Waals surface area contributed by atoms with E-state index in [9.17, 15) is 14.4 Å². The second-order valence-electron chi connectivity index (χ2n) is 17.1. The van der Waals surface area contributed by atoms with Gasteiger partial charge in [-0.15, -0.1) is 0 Å². The molecule has 0 spiro atoms. The number of esters is 3. The Morgan fingerprint density at radius 2 is 0.704 bits per heavy atom. The van der Waals surface area contributed by atoms with Gasteiger partial charge >= 0.3 is 17.9 Å². The largest absolute Gasteiger partial charge is 0.462 e. The van der Waals surface area contributed by atoms with Crippen LogP contribution in [0, 0.1) is 11.8 Å². The van der Waals surface area contributed by atoms with Crippen molar-refractivity contribution in [3.8, 4) is 0 Å². The van der Waals surface area contributed by atoms with Gasteiger partial charge in [-0.05, 0) is 31.1 Å². The molecule has 0 aliphatic rings. The third-order valence-corrected chi connectivity index (χ3v) is 11.1. The Kier molecular flexibility index (Phi) is 39.8. The molecule has 0 radical (unpaired) electrons. The van der Waals surface area contributed by atoms with Crippen LogP contribution in [0.1, 0.15) is 259 Å². The molecule has 0 fully saturated rings. The fourth-order valence-corrected chi connectivity index (χ4v) is 7.07. The lowest BCUT2D eigenvalue weighted by Gasteiger charge is -2.18. The van der Waals surface area contributed by atoms with E-state index in [-0.39, 0.29) is 31.1 Å². The first-order valence-electron chi connectivity index (χ1n) is 23.8. The molecule has 0 aromatic heterocycles. The van der Waals surface area contributed by atoms with Gasteiger partial charge in [-0.25, -0.2) is 0 Å². The van der Waals surface area contributed by atoms with Crippen molar-refractivity contribution in [2.24, 2.45) is 11.8 Å². The average molecular weight is 765 g/mol. The maximum atomic E-state index is 12.7. The predicted octanol–water partition coefficient (Wildman–Crippen LogP) is 15.0. The van der Waals surface area contributed by atoms with Crippen molar-refractivity contribution < 1.29 is 28.6 Å². The van der Waals surface area contributed by atoms with Crippen LogP contribution in [0.4, 0.5) is 0 Å². The second kappa shape index (κ2) is 41.1. The van der Waals surface area contributed by atoms with Crippen LogP contribution in [0.2, 0.25) is 0 Å². The van der Waals surface area contributed by atoms with E-state index in [1.807, 2.05) is 0 Å². The Morgan fingerprint density at radius 3 is 1.06 bits per heavy atom. The average Bonchev–Trinajstić information content (AvgIpc) is 3.15. The molecule has 0 rings (SSSR count). The van der Waals surface area contributed by atoms with E-state index in [1.165, 1.54) is 148 Å². The van der Waals surface area contributed by atoms with E-state index < -0.39 is 6.10 Å². The van der Waals surface area contributed by atoms with Gasteiger partial charge in [-0.2, -0.15) is 0 Å². The molecular formula is C48H92O6. The zero-order valence-corrected chi connectivity index (χ0v) is 36.8. The smallest absolute Gasteiger partial charge is 0.306 e. The molecule has 0 aliphatic heterocycles. The van der Waals surface area contributed by atoms with Gasteiger partial charge in [-0.1, -0.05) is 221 Å². The fourth-order valence-electron chi connectivity index (χ4n) is 7.07. The topological polar surface area (TPSA) is 78.9 Å². The van der Waals surface area contributed by atoms with Crippen LogP contribution in [0.15, 0.2) is 0 Å². The van der Waals surface area contributed by atoms with Crippen molar-refractivity contribution in [2.75, 3.05) is 13.2 Å². The number of carbonyl (C=O) groups is 3. The van der Waals surface area contributed by atoms with Gasteiger partial charge in [-0.3, -0.25) is 14.4 Å². The van der Waals surface area contributed by atoms with Gasteiger partial charge < -0.3 is 14.2 Å². The Balaban J connectivity index is 4.25. The van der Waals surface area contributed by atoms with Gasteiger partial charge in [0.2, 0.25) is 0 Å². The number of hydrogen-bond acceptors (Lipinski definition) is 6. The predicted molar refractivity (Wildman–Crippen MR) is 229 cm³/mol. The molecule has 0 N–H and O–H groups in total. The molecule has 0 aromatic rings. The Morgan fingerprint density at radius 1 is 0.389 bits per heavy atom. The van der Waals surface area contributed by atoms with Crippen LogP contribution in [-0.4, -0.2) is 37.2 Å². The van der Waals surface area contributed by atoms with E-state index in [0.29, 0.717) is 19.3 Å². The molecule has 0 heterocycles. The zero-order chi connectivity index (χ0) is 39.7. The summed E-state index contributed by atoms with van der Waals surface area (Å²) in [6.07, 6.45) is 39.6. The van der Waals surface area contributed by atoms with E-state index in [1.54, 1.807) is 0 Å². The quantitative estimate of drug-likeness (QED) is 0.0350. The molecule has 0 saturated heterocycles. The van der Waals surface area contributed by atoms with E-state index in [0.717, 1.165) is 69.6 Å². The standard InChI is InChI=1S/C48H92O6/c1-6-8-9-10-11-12-13-14-15-16-17-18-19-20-21-28-33-38-46(49)52-41-45(42-53-47(50)39-34-29-24-22-26-31-36-43(3)4)54-48(51)40-35-30-25-23-27-32-37-44(5)7-2/h43-45H,6-42H2,1-5H3/t44?,45-/m0/s1. The Bertz CT molecular complexity index is 826. The molecule has 0 bridgehead atoms. The van der Waals surface area contributed by atoms with Crippen molar-refractivity contribution in [3.63, 3.8) is 0 Å². The number of ether oxygens (including phenoxy) is 3. The summed E-state index contributed by atoms with van der Waals surface area (Å²) in [6.45, 7) is 11.3. The lowest BCUT2D eigenvalue weighted by Crippen LogP contribution is -2.30. The SMILES string of the molecule is CCCCCCCCCCCCCCCCCCCC(=O)OC[C@@H](COC(=O)CCCCCCCCC(C)C)OC(=O)CCCCCCCCC(C)CC. The summed E-state index contributed by atoms with van der Waals surface area (Å²) >= 11 is 0. The molecule has 2 atom stereocenters. The van der Waals surface area contributed by atoms with Gasteiger partial charge in [0, 0.05) is 19.3 Å². The maximum Gasteiger partial charge on any atom is 0.306 e. The van der Waals surface area contributed by atoms with Crippen molar-refractivity contribution in [3.05, 3.63) is 0 Å². The highest BCUT2D eigenvalue weighted by atomic mass is 16.6. The van der Waals surface area contributed by atoms with E-state index in [4.69, 9.17) is 14.2 Å². The molecule has 320 valence electrons. The first-order chi connectivity index (χ1) is 26.3. The third-order valence-electron chi connectivity index (χ3n) is 11.1. The first-order valence-corrected chi connectivity index (χ1v) is 23.8. The van der Waals surface area contributed by atoms with E-state index >= 15 is 0 Å². The van der Waals surface area contributed by atoms with E-state index in [2.05, 4.69) is 34.6 Å². The summed E-state index contributed by atoms with van der Waals surface area (Å²) in [5.41, 5.74) is 0. The van der Waals surface area contributed by atoms with Crippen LogP contribution in [0.3, 0.4) is 0 Å². The number of rotatable bonds is 42. The number of hydrogen-bond donors (Lipinski definition) is 0. The first kappa shape index (κ1) is 52.4. The summed E-state index contributed by atoms with van der Waals surface area (Å²) in [5.74, 6) is 0.710. The zero-order valence-electron chi connectivity index (χ0n) is 36.8. The monoisotopic (exact) mass is 765 g/mol. The molecule has 0 aliphatic carbocycles. The Hall–Kier alpha value is -1.59. The summed E-state index contributed by atoms with van der Waals surface area (Å²) < 4.78 is 16.7. The molecule has 6 heteroatoms. The lowest BCUT2D eigenvalue weighted by atomic mass is 10.00. The number of carbonyl (C=O) groups excluding carboxylic acids is 3. The van der Waals surface area contributed by atoms with Crippen LogP contribution in [0.25, 0.3) is 0 Å². The van der Waals surface area contributed by atoms with Crippen molar-refractivity contribution in [2.45, 2.75) is 265 Å². The highest BCUT2D eigenvalue weighted by Crippen LogP contribution is 2.17. The third kappa shape index (κ3) is 40.1. The normalized spacial score (nSPS) is 12.6. The van der Waals surface area contributed by atoms with Gasteiger partial charge in [0.1, 0.15) is 13.2 Å². The lowest BCUT2D eigenvalue weighted by molar-refractivity contribution is -0.167. The molecule has 6 nitrogen and oxygen atoms in total. The van der Waals surface area contributed by atoms with Crippen LogP contribution in [0.5, 0.6) is 0 Å². The summed E-state index contributed by atoms with van der Waals surface area (Å²) in [5, 5.41) is 0. The molecule has 0 aromatic carbocycles. The fraction of sp³-hybridized carbons (Fsp3) is 0.938. The Labute approximate surface area is 336 Å². The van der Waals surface area contributed by atoms with Crippen LogP contribution >= 0.6 is 0 Å². The molecule has 0 saturated carbocycles. The summed E-state index contributed by atoms with van der Waals surface area (Å²) in [7, 11) is 0. The summed E-state index contributed by atoms with van der Waals surface area (Å²) in [4.78, 5) is 37.7. The minimum absolute atomic E-state index is 0.0661. The number of unbranched alkanes of at least 4 members (excludes halogenated alkanes) is 26. The molecule has 54 heavy (non-hydrogen) atoms.